The van der Waals surface area contributed by atoms with Crippen LogP contribution in [0.4, 0.5) is 0 Å². The number of carbonyl (C=O) groups excluding carboxylic acids is 2. The first-order valence-electron chi connectivity index (χ1n) is 8.47. The Hall–Kier alpha value is -1.69. The number of thiophene rings is 1. The van der Waals surface area contributed by atoms with Crippen LogP contribution in [0.5, 0.6) is 0 Å². The lowest BCUT2D eigenvalue weighted by atomic mass is 9.95. The maximum atomic E-state index is 12.5. The Balaban J connectivity index is 1.58. The Bertz CT molecular complexity index is 844. The molecule has 0 spiro atoms. The highest BCUT2D eigenvalue weighted by Gasteiger charge is 2.37. The first-order chi connectivity index (χ1) is 12.0. The number of carbonyl (C=O) groups is 2. The molecule has 2 aliphatic rings. The number of hydrogen-bond donors (Lipinski definition) is 2. The average Bonchev–Trinajstić information content (AvgIpc) is 3.11. The summed E-state index contributed by atoms with van der Waals surface area (Å²) in [6.45, 7) is 0. The largest absolute Gasteiger partial charge is 0.366 e. The fraction of sp³-hybridized carbons (Fsp3) is 0.368. The number of Topliss-reactive ketones (excluding diaryl/α,β-unsaturated/α-hetero) is 1. The van der Waals surface area contributed by atoms with Crippen LogP contribution in [0.3, 0.4) is 0 Å². The maximum Gasteiger partial charge on any atom is 0.250 e. The minimum atomic E-state index is -0.418. The molecule has 0 aliphatic carbocycles. The van der Waals surface area contributed by atoms with Gasteiger partial charge < -0.3 is 11.1 Å². The van der Waals surface area contributed by atoms with Crippen molar-refractivity contribution in [3.05, 3.63) is 55.7 Å². The second kappa shape index (κ2) is 6.56. The lowest BCUT2D eigenvalue weighted by Gasteiger charge is -2.22. The van der Waals surface area contributed by atoms with Gasteiger partial charge in [0.05, 0.1) is 5.56 Å². The molecule has 2 aromatic rings. The van der Waals surface area contributed by atoms with Gasteiger partial charge in [0.2, 0.25) is 5.91 Å². The quantitative estimate of drug-likeness (QED) is 0.844. The van der Waals surface area contributed by atoms with E-state index in [1.54, 1.807) is 23.5 Å². The van der Waals surface area contributed by atoms with E-state index in [1.165, 1.54) is 4.88 Å². The molecule has 1 aromatic heterocycles. The van der Waals surface area contributed by atoms with Crippen molar-refractivity contribution in [2.45, 2.75) is 44.2 Å². The van der Waals surface area contributed by atoms with Crippen LogP contribution in [0.25, 0.3) is 0 Å². The molecule has 2 bridgehead atoms. The van der Waals surface area contributed by atoms with Crippen molar-refractivity contribution in [1.82, 2.24) is 5.32 Å². The van der Waals surface area contributed by atoms with E-state index in [4.69, 9.17) is 17.3 Å². The number of primary amides is 1. The van der Waals surface area contributed by atoms with E-state index < -0.39 is 5.91 Å². The third kappa shape index (κ3) is 3.24. The lowest BCUT2D eigenvalue weighted by molar-refractivity contribution is -0.117. The van der Waals surface area contributed by atoms with Gasteiger partial charge in [-0.1, -0.05) is 23.7 Å². The molecule has 2 aliphatic heterocycles. The number of hydrogen-bond acceptors (Lipinski definition) is 4. The van der Waals surface area contributed by atoms with E-state index in [-0.39, 0.29) is 18.2 Å². The van der Waals surface area contributed by atoms with Crippen molar-refractivity contribution in [3.8, 4) is 0 Å². The molecule has 25 heavy (non-hydrogen) atoms. The van der Waals surface area contributed by atoms with E-state index in [9.17, 15) is 9.59 Å². The molecule has 1 aromatic carbocycles. The van der Waals surface area contributed by atoms with Gasteiger partial charge >= 0.3 is 0 Å². The summed E-state index contributed by atoms with van der Waals surface area (Å²) >= 11 is 7.48. The standard InChI is InChI=1S/C19H19ClN2O2S/c20-11-3-1-10(2-4-11)7-13(23)9-16-18(19(21)24)17-14-6-5-12(22-14)8-15(17)25-16/h1-4,12,14,22H,5-9H2,(H2,21,24)/t12-,14+/m0/s1. The molecule has 3 heterocycles. The van der Waals surface area contributed by atoms with Gasteiger partial charge in [-0.25, -0.2) is 0 Å². The molecule has 2 atom stereocenters. The van der Waals surface area contributed by atoms with Crippen LogP contribution in [0.15, 0.2) is 24.3 Å². The molecule has 6 heteroatoms. The molecule has 0 radical (unpaired) electrons. The zero-order chi connectivity index (χ0) is 17.6. The van der Waals surface area contributed by atoms with Crippen LogP contribution in [-0.4, -0.2) is 17.7 Å². The highest BCUT2D eigenvalue weighted by Crippen LogP contribution is 2.43. The highest BCUT2D eigenvalue weighted by molar-refractivity contribution is 7.12. The monoisotopic (exact) mass is 374 g/mol. The molecule has 4 nitrogen and oxygen atoms in total. The zero-order valence-corrected chi connectivity index (χ0v) is 15.3. The molecule has 3 N–H and O–H groups in total. The number of amides is 1. The molecular formula is C19H19ClN2O2S. The van der Waals surface area contributed by atoms with Crippen molar-refractivity contribution in [2.24, 2.45) is 5.73 Å². The molecule has 0 unspecified atom stereocenters. The Morgan fingerprint density at radius 2 is 1.96 bits per heavy atom. The Kier molecular flexibility index (Phi) is 4.40. The van der Waals surface area contributed by atoms with Crippen molar-refractivity contribution in [2.75, 3.05) is 0 Å². The minimum Gasteiger partial charge on any atom is -0.366 e. The first kappa shape index (κ1) is 16.8. The van der Waals surface area contributed by atoms with Crippen molar-refractivity contribution < 1.29 is 9.59 Å². The van der Waals surface area contributed by atoms with E-state index in [2.05, 4.69) is 5.32 Å². The highest BCUT2D eigenvalue weighted by atomic mass is 35.5. The third-order valence-corrected chi connectivity index (χ3v) is 6.51. The molecule has 1 fully saturated rings. The number of ketones is 1. The topological polar surface area (TPSA) is 72.2 Å². The van der Waals surface area contributed by atoms with Gasteiger partial charge in [0.25, 0.3) is 0 Å². The molecule has 130 valence electrons. The Labute approximate surface area is 155 Å². The molecular weight excluding hydrogens is 356 g/mol. The summed E-state index contributed by atoms with van der Waals surface area (Å²) in [6, 6.07) is 7.99. The third-order valence-electron chi connectivity index (χ3n) is 5.03. The van der Waals surface area contributed by atoms with Gasteiger partial charge in [0, 0.05) is 39.7 Å². The van der Waals surface area contributed by atoms with Crippen molar-refractivity contribution >= 4 is 34.6 Å². The van der Waals surface area contributed by atoms with Gasteiger partial charge in [-0.05, 0) is 42.5 Å². The normalized spacial score (nSPS) is 21.2. The predicted molar refractivity (Wildman–Crippen MR) is 99.3 cm³/mol. The summed E-state index contributed by atoms with van der Waals surface area (Å²) in [6.07, 6.45) is 3.70. The zero-order valence-electron chi connectivity index (χ0n) is 13.7. The second-order valence-corrected chi connectivity index (χ2v) is 8.44. The van der Waals surface area contributed by atoms with E-state index in [1.807, 2.05) is 12.1 Å². The van der Waals surface area contributed by atoms with Crippen molar-refractivity contribution in [3.63, 3.8) is 0 Å². The minimum absolute atomic E-state index is 0.0848. The van der Waals surface area contributed by atoms with Crippen LogP contribution < -0.4 is 11.1 Å². The lowest BCUT2D eigenvalue weighted by Crippen LogP contribution is -2.32. The van der Waals surface area contributed by atoms with Gasteiger partial charge in [-0.3, -0.25) is 9.59 Å². The van der Waals surface area contributed by atoms with Crippen molar-refractivity contribution in [1.29, 1.82) is 0 Å². The van der Waals surface area contributed by atoms with Gasteiger partial charge in [-0.2, -0.15) is 0 Å². The fourth-order valence-electron chi connectivity index (χ4n) is 3.96. The molecule has 1 saturated heterocycles. The van der Waals surface area contributed by atoms with Gasteiger partial charge in [0.15, 0.2) is 0 Å². The summed E-state index contributed by atoms with van der Waals surface area (Å²) < 4.78 is 0. The van der Waals surface area contributed by atoms with Crippen LogP contribution >= 0.6 is 22.9 Å². The molecule has 1 amide bonds. The molecule has 4 rings (SSSR count). The number of nitrogens with one attached hydrogen (secondary N) is 1. The van der Waals surface area contributed by atoms with E-state index in [0.29, 0.717) is 23.0 Å². The Morgan fingerprint density at radius 1 is 1.20 bits per heavy atom. The summed E-state index contributed by atoms with van der Waals surface area (Å²) in [5.74, 6) is -0.333. The first-order valence-corrected chi connectivity index (χ1v) is 9.67. The number of fused-ring (bicyclic) bond motifs is 4. The average molecular weight is 375 g/mol. The van der Waals surface area contributed by atoms with Crippen LogP contribution in [0.2, 0.25) is 5.02 Å². The number of halogens is 1. The number of benzene rings is 1. The summed E-state index contributed by atoms with van der Waals surface area (Å²) in [5.41, 5.74) is 8.24. The number of nitrogens with two attached hydrogens (primary N) is 1. The van der Waals surface area contributed by atoms with Crippen LogP contribution in [0.1, 0.15) is 50.1 Å². The second-order valence-electron chi connectivity index (χ2n) is 6.82. The van der Waals surface area contributed by atoms with Gasteiger partial charge in [-0.15, -0.1) is 11.3 Å². The summed E-state index contributed by atoms with van der Waals surface area (Å²) in [5, 5.41) is 4.21. The van der Waals surface area contributed by atoms with E-state index >= 15 is 0 Å². The predicted octanol–water partition coefficient (Wildman–Crippen LogP) is 3.20. The smallest absolute Gasteiger partial charge is 0.250 e. The maximum absolute atomic E-state index is 12.5. The van der Waals surface area contributed by atoms with Crippen LogP contribution in [-0.2, 0) is 24.1 Å². The number of rotatable bonds is 5. The summed E-state index contributed by atoms with van der Waals surface area (Å²) in [4.78, 5) is 26.7. The van der Waals surface area contributed by atoms with Crippen LogP contribution in [0, 0.1) is 0 Å². The molecule has 0 saturated carbocycles. The Morgan fingerprint density at radius 3 is 2.68 bits per heavy atom. The summed E-state index contributed by atoms with van der Waals surface area (Å²) in [7, 11) is 0. The SMILES string of the molecule is NC(=O)c1c(CC(=O)Cc2ccc(Cl)cc2)sc2c1[C@H]1CC[C@@H](C2)N1. The fourth-order valence-corrected chi connectivity index (χ4v) is 5.57. The van der Waals surface area contributed by atoms with E-state index in [0.717, 1.165) is 35.3 Å². The van der Waals surface area contributed by atoms with Gasteiger partial charge in [0.1, 0.15) is 5.78 Å².